The molecule has 1 aliphatic rings. The Kier molecular flexibility index (Phi) is 4.78. The summed E-state index contributed by atoms with van der Waals surface area (Å²) in [7, 11) is 0. The molecule has 0 aliphatic carbocycles. The molecule has 0 bridgehead atoms. The van der Waals surface area contributed by atoms with Gasteiger partial charge in [-0.2, -0.15) is 0 Å². The highest BCUT2D eigenvalue weighted by Gasteiger charge is 2.38. The molecule has 1 saturated heterocycles. The van der Waals surface area contributed by atoms with Crippen LogP contribution in [0.1, 0.15) is 31.7 Å². The Morgan fingerprint density at radius 2 is 2.05 bits per heavy atom. The number of carboxylic acid groups (broad SMARTS) is 1. The molecule has 0 spiro atoms. The lowest BCUT2D eigenvalue weighted by atomic mass is 9.90. The van der Waals surface area contributed by atoms with E-state index < -0.39 is 11.5 Å². The molecular formula is C16H24N2O2. The maximum Gasteiger partial charge on any atom is 0.329 e. The van der Waals surface area contributed by atoms with Gasteiger partial charge in [0, 0.05) is 6.54 Å². The molecule has 4 heteroatoms. The highest BCUT2D eigenvalue weighted by Crippen LogP contribution is 2.23. The summed E-state index contributed by atoms with van der Waals surface area (Å²) in [5, 5.41) is 9.59. The third kappa shape index (κ3) is 3.38. The van der Waals surface area contributed by atoms with Gasteiger partial charge in [0.2, 0.25) is 0 Å². The van der Waals surface area contributed by atoms with Crippen molar-refractivity contribution in [1.29, 1.82) is 0 Å². The van der Waals surface area contributed by atoms with E-state index in [9.17, 15) is 9.90 Å². The van der Waals surface area contributed by atoms with Gasteiger partial charge in [0.25, 0.3) is 0 Å². The van der Waals surface area contributed by atoms with Gasteiger partial charge in [-0.1, -0.05) is 37.3 Å². The zero-order chi connectivity index (χ0) is 14.6. The standard InChI is InChI=1S/C16H24N2O2/c1-13-6-5-10-18(11-9-13)12-16(17,15(19)20)14-7-3-2-4-8-14/h2-4,7-8,13H,5-6,9-12,17H2,1H3,(H,19,20). The van der Waals surface area contributed by atoms with Crippen LogP contribution in [0.3, 0.4) is 0 Å². The lowest BCUT2D eigenvalue weighted by Gasteiger charge is -2.32. The van der Waals surface area contributed by atoms with Crippen LogP contribution in [0.15, 0.2) is 30.3 Å². The molecule has 1 aromatic rings. The van der Waals surface area contributed by atoms with Gasteiger partial charge in [0.15, 0.2) is 5.54 Å². The number of hydrogen-bond donors (Lipinski definition) is 2. The van der Waals surface area contributed by atoms with Gasteiger partial charge in [-0.05, 0) is 43.8 Å². The summed E-state index contributed by atoms with van der Waals surface area (Å²) in [6.07, 6.45) is 3.45. The number of likely N-dealkylation sites (tertiary alicyclic amines) is 1. The average molecular weight is 276 g/mol. The van der Waals surface area contributed by atoms with Crippen LogP contribution < -0.4 is 5.73 Å². The van der Waals surface area contributed by atoms with Crippen LogP contribution in [-0.4, -0.2) is 35.6 Å². The van der Waals surface area contributed by atoms with E-state index in [2.05, 4.69) is 11.8 Å². The second-order valence-corrected chi connectivity index (χ2v) is 5.95. The maximum atomic E-state index is 11.7. The molecule has 0 aromatic heterocycles. The third-order valence-corrected chi connectivity index (χ3v) is 4.25. The minimum atomic E-state index is -1.32. The van der Waals surface area contributed by atoms with Crippen molar-refractivity contribution in [2.45, 2.75) is 31.7 Å². The van der Waals surface area contributed by atoms with E-state index in [1.807, 2.05) is 18.2 Å². The fraction of sp³-hybridized carbons (Fsp3) is 0.562. The summed E-state index contributed by atoms with van der Waals surface area (Å²) in [6, 6.07) is 9.15. The second-order valence-electron chi connectivity index (χ2n) is 5.95. The summed E-state index contributed by atoms with van der Waals surface area (Å²) >= 11 is 0. The van der Waals surface area contributed by atoms with Crippen molar-refractivity contribution in [3.8, 4) is 0 Å². The molecule has 110 valence electrons. The van der Waals surface area contributed by atoms with Crippen LogP contribution in [0.2, 0.25) is 0 Å². The largest absolute Gasteiger partial charge is 0.480 e. The van der Waals surface area contributed by atoms with Gasteiger partial charge in [0.1, 0.15) is 0 Å². The van der Waals surface area contributed by atoms with Crippen molar-refractivity contribution < 1.29 is 9.90 Å². The minimum Gasteiger partial charge on any atom is -0.480 e. The average Bonchev–Trinajstić information content (AvgIpc) is 2.64. The number of nitrogens with two attached hydrogens (primary N) is 1. The normalized spacial score (nSPS) is 23.8. The van der Waals surface area contributed by atoms with E-state index in [-0.39, 0.29) is 0 Å². The lowest BCUT2D eigenvalue weighted by molar-refractivity contribution is -0.144. The molecular weight excluding hydrogens is 252 g/mol. The van der Waals surface area contributed by atoms with E-state index in [0.717, 1.165) is 25.9 Å². The van der Waals surface area contributed by atoms with Crippen molar-refractivity contribution in [3.05, 3.63) is 35.9 Å². The molecule has 4 nitrogen and oxygen atoms in total. The lowest BCUT2D eigenvalue weighted by Crippen LogP contribution is -2.53. The molecule has 1 heterocycles. The highest BCUT2D eigenvalue weighted by atomic mass is 16.4. The molecule has 20 heavy (non-hydrogen) atoms. The van der Waals surface area contributed by atoms with Crippen molar-refractivity contribution in [1.82, 2.24) is 4.90 Å². The molecule has 2 unspecified atom stereocenters. The number of hydrogen-bond acceptors (Lipinski definition) is 3. The summed E-state index contributed by atoms with van der Waals surface area (Å²) < 4.78 is 0. The quantitative estimate of drug-likeness (QED) is 0.883. The van der Waals surface area contributed by atoms with E-state index >= 15 is 0 Å². The van der Waals surface area contributed by atoms with Crippen LogP contribution in [0.5, 0.6) is 0 Å². The van der Waals surface area contributed by atoms with Crippen molar-refractivity contribution in [3.63, 3.8) is 0 Å². The number of nitrogens with zero attached hydrogens (tertiary/aromatic N) is 1. The van der Waals surface area contributed by atoms with E-state index in [1.165, 1.54) is 6.42 Å². The Bertz CT molecular complexity index is 449. The first kappa shape index (κ1) is 15.0. The Hall–Kier alpha value is -1.39. The first-order chi connectivity index (χ1) is 9.52. The van der Waals surface area contributed by atoms with Gasteiger partial charge >= 0.3 is 5.97 Å². The van der Waals surface area contributed by atoms with Crippen molar-refractivity contribution >= 4 is 5.97 Å². The summed E-state index contributed by atoms with van der Waals surface area (Å²) in [6.45, 7) is 4.50. The minimum absolute atomic E-state index is 0.374. The van der Waals surface area contributed by atoms with Crippen LogP contribution in [-0.2, 0) is 10.3 Å². The van der Waals surface area contributed by atoms with Crippen LogP contribution in [0.25, 0.3) is 0 Å². The monoisotopic (exact) mass is 276 g/mol. The number of carboxylic acids is 1. The molecule has 0 amide bonds. The van der Waals surface area contributed by atoms with Gasteiger partial charge < -0.3 is 15.7 Å². The number of aliphatic carboxylic acids is 1. The fourth-order valence-electron chi connectivity index (χ4n) is 2.85. The predicted octanol–water partition coefficient (Wildman–Crippen LogP) is 2.05. The summed E-state index contributed by atoms with van der Waals surface area (Å²) in [4.78, 5) is 13.9. The third-order valence-electron chi connectivity index (χ3n) is 4.25. The number of carbonyl (C=O) groups is 1. The molecule has 3 N–H and O–H groups in total. The van der Waals surface area contributed by atoms with Gasteiger partial charge in [0.05, 0.1) is 0 Å². The smallest absolute Gasteiger partial charge is 0.329 e. The van der Waals surface area contributed by atoms with Crippen LogP contribution in [0.4, 0.5) is 0 Å². The molecule has 0 saturated carbocycles. The van der Waals surface area contributed by atoms with E-state index in [0.29, 0.717) is 18.0 Å². The summed E-state index contributed by atoms with van der Waals surface area (Å²) in [5.41, 5.74) is 5.58. The van der Waals surface area contributed by atoms with E-state index in [4.69, 9.17) is 5.73 Å². The van der Waals surface area contributed by atoms with Crippen LogP contribution in [0, 0.1) is 5.92 Å². The Morgan fingerprint density at radius 3 is 2.70 bits per heavy atom. The van der Waals surface area contributed by atoms with Crippen molar-refractivity contribution in [2.24, 2.45) is 11.7 Å². The Labute approximate surface area is 120 Å². The zero-order valence-electron chi connectivity index (χ0n) is 12.1. The predicted molar refractivity (Wildman–Crippen MR) is 79.4 cm³/mol. The topological polar surface area (TPSA) is 66.6 Å². The molecule has 1 aromatic carbocycles. The van der Waals surface area contributed by atoms with Gasteiger partial charge in [-0.25, -0.2) is 4.79 Å². The first-order valence-corrected chi connectivity index (χ1v) is 7.32. The molecule has 1 aliphatic heterocycles. The Morgan fingerprint density at radius 1 is 1.35 bits per heavy atom. The first-order valence-electron chi connectivity index (χ1n) is 7.32. The number of rotatable bonds is 4. The van der Waals surface area contributed by atoms with Crippen LogP contribution >= 0.6 is 0 Å². The second kappa shape index (κ2) is 6.37. The molecule has 2 atom stereocenters. The van der Waals surface area contributed by atoms with Crippen molar-refractivity contribution in [2.75, 3.05) is 19.6 Å². The zero-order valence-corrected chi connectivity index (χ0v) is 12.1. The van der Waals surface area contributed by atoms with E-state index in [1.54, 1.807) is 12.1 Å². The molecule has 1 fully saturated rings. The van der Waals surface area contributed by atoms with Gasteiger partial charge in [-0.15, -0.1) is 0 Å². The van der Waals surface area contributed by atoms with Gasteiger partial charge in [-0.3, -0.25) is 0 Å². The highest BCUT2D eigenvalue weighted by molar-refractivity contribution is 5.80. The Balaban J connectivity index is 2.15. The molecule has 2 rings (SSSR count). The molecule has 0 radical (unpaired) electrons. The summed E-state index contributed by atoms with van der Waals surface area (Å²) in [5.74, 6) is -0.241. The fourth-order valence-corrected chi connectivity index (χ4v) is 2.85. The SMILES string of the molecule is CC1CCCN(CC(N)(C(=O)O)c2ccccc2)CC1. The maximum absolute atomic E-state index is 11.7. The number of benzene rings is 1.